The first-order valence-electron chi connectivity index (χ1n) is 5.40. The van der Waals surface area contributed by atoms with Crippen LogP contribution in [0.4, 0.5) is 4.79 Å². The van der Waals surface area contributed by atoms with Crippen LogP contribution < -0.4 is 10.6 Å². The maximum atomic E-state index is 11.2. The zero-order valence-electron chi connectivity index (χ0n) is 9.16. The topological polar surface area (TPSA) is 85.2 Å². The van der Waals surface area contributed by atoms with Crippen molar-refractivity contribution in [2.24, 2.45) is 0 Å². The van der Waals surface area contributed by atoms with Crippen molar-refractivity contribution in [2.45, 2.75) is 19.3 Å². The number of hydrogen-bond donors (Lipinski definition) is 2. The maximum Gasteiger partial charge on any atom is 0.315 e. The molecule has 1 fully saturated rings. The van der Waals surface area contributed by atoms with Crippen LogP contribution >= 0.6 is 0 Å². The molecular formula is C10H16N4O2. The second-order valence-electron chi connectivity index (χ2n) is 3.61. The Bertz CT molecular complexity index is 298. The van der Waals surface area contributed by atoms with Gasteiger partial charge in [-0.05, 0) is 12.8 Å². The van der Waals surface area contributed by atoms with Gasteiger partial charge in [-0.25, -0.2) is 4.79 Å². The lowest BCUT2D eigenvalue weighted by atomic mass is 10.4. The molecule has 3 amide bonds. The van der Waals surface area contributed by atoms with E-state index in [-0.39, 0.29) is 18.5 Å². The molecule has 88 valence electrons. The largest absolute Gasteiger partial charge is 0.343 e. The number of likely N-dealkylation sites (tertiary alicyclic amines) is 1. The normalized spacial score (nSPS) is 14.7. The fourth-order valence-electron chi connectivity index (χ4n) is 1.59. The van der Waals surface area contributed by atoms with Gasteiger partial charge in [-0.1, -0.05) is 0 Å². The van der Waals surface area contributed by atoms with Crippen molar-refractivity contribution in [1.82, 2.24) is 15.5 Å². The van der Waals surface area contributed by atoms with Crippen molar-refractivity contribution in [3.63, 3.8) is 0 Å². The summed E-state index contributed by atoms with van der Waals surface area (Å²) >= 11 is 0. The number of carbonyl (C=O) groups is 2. The molecule has 1 rings (SSSR count). The van der Waals surface area contributed by atoms with E-state index in [2.05, 4.69) is 10.6 Å². The van der Waals surface area contributed by atoms with Crippen LogP contribution in [0, 0.1) is 11.3 Å². The number of urea groups is 1. The monoisotopic (exact) mass is 224 g/mol. The van der Waals surface area contributed by atoms with Gasteiger partial charge in [0.15, 0.2) is 0 Å². The van der Waals surface area contributed by atoms with Gasteiger partial charge in [-0.2, -0.15) is 5.26 Å². The van der Waals surface area contributed by atoms with Crippen LogP contribution in [0.3, 0.4) is 0 Å². The van der Waals surface area contributed by atoms with E-state index >= 15 is 0 Å². The second kappa shape index (κ2) is 6.67. The predicted octanol–water partition coefficient (Wildman–Crippen LogP) is -0.178. The molecule has 0 spiro atoms. The lowest BCUT2D eigenvalue weighted by Gasteiger charge is -2.15. The average Bonchev–Trinajstić information content (AvgIpc) is 2.67. The van der Waals surface area contributed by atoms with Crippen LogP contribution in [-0.4, -0.2) is 43.0 Å². The molecule has 0 unspecified atom stereocenters. The Morgan fingerprint density at radius 1 is 1.50 bits per heavy atom. The van der Waals surface area contributed by atoms with Crippen molar-refractivity contribution in [1.29, 1.82) is 5.26 Å². The Kier molecular flexibility index (Phi) is 5.12. The van der Waals surface area contributed by atoms with Crippen molar-refractivity contribution in [2.75, 3.05) is 26.2 Å². The van der Waals surface area contributed by atoms with Gasteiger partial charge in [0.05, 0.1) is 6.07 Å². The van der Waals surface area contributed by atoms with Crippen LogP contribution in [0.1, 0.15) is 19.3 Å². The highest BCUT2D eigenvalue weighted by Gasteiger charge is 2.18. The summed E-state index contributed by atoms with van der Waals surface area (Å²) in [6.45, 7) is 2.05. The van der Waals surface area contributed by atoms with Crippen molar-refractivity contribution in [3.05, 3.63) is 0 Å². The molecule has 0 radical (unpaired) electrons. The van der Waals surface area contributed by atoms with E-state index in [0.29, 0.717) is 19.5 Å². The number of carbonyl (C=O) groups excluding carboxylic acids is 2. The highest BCUT2D eigenvalue weighted by Crippen LogP contribution is 2.09. The minimum atomic E-state index is -0.339. The standard InChI is InChI=1S/C10H16N4O2/c11-4-6-13-10(16)12-5-2-8-14-7-1-3-9(14)15/h1-3,5-8H2,(H2,12,13,16). The molecule has 0 aliphatic carbocycles. The summed E-state index contributed by atoms with van der Waals surface area (Å²) in [5, 5.41) is 13.2. The van der Waals surface area contributed by atoms with Gasteiger partial charge in [0.25, 0.3) is 0 Å². The minimum Gasteiger partial charge on any atom is -0.343 e. The number of nitriles is 1. The molecule has 1 heterocycles. The highest BCUT2D eigenvalue weighted by molar-refractivity contribution is 5.78. The van der Waals surface area contributed by atoms with Crippen molar-refractivity contribution in [3.8, 4) is 6.07 Å². The number of rotatable bonds is 5. The zero-order valence-corrected chi connectivity index (χ0v) is 9.16. The molecule has 1 aliphatic rings. The number of amides is 3. The molecule has 1 saturated heterocycles. The van der Waals surface area contributed by atoms with E-state index in [1.54, 1.807) is 0 Å². The van der Waals surface area contributed by atoms with Gasteiger partial charge < -0.3 is 15.5 Å². The predicted molar refractivity (Wildman–Crippen MR) is 57.4 cm³/mol. The van der Waals surface area contributed by atoms with Crippen LogP contribution in [0.25, 0.3) is 0 Å². The Morgan fingerprint density at radius 2 is 2.31 bits per heavy atom. The summed E-state index contributed by atoms with van der Waals surface area (Å²) in [7, 11) is 0. The van der Waals surface area contributed by atoms with E-state index in [9.17, 15) is 9.59 Å². The lowest BCUT2D eigenvalue weighted by molar-refractivity contribution is -0.127. The fourth-order valence-corrected chi connectivity index (χ4v) is 1.59. The SMILES string of the molecule is N#CCNC(=O)NCCCN1CCCC1=O. The van der Waals surface area contributed by atoms with Crippen LogP contribution in [0.15, 0.2) is 0 Å². The Hall–Kier alpha value is -1.77. The first-order valence-corrected chi connectivity index (χ1v) is 5.40. The smallest absolute Gasteiger partial charge is 0.315 e. The van der Waals surface area contributed by atoms with Gasteiger partial charge in [0.2, 0.25) is 5.91 Å². The third kappa shape index (κ3) is 4.17. The average molecular weight is 224 g/mol. The van der Waals surface area contributed by atoms with Gasteiger partial charge >= 0.3 is 6.03 Å². The van der Waals surface area contributed by atoms with Crippen LogP contribution in [0.2, 0.25) is 0 Å². The van der Waals surface area contributed by atoms with E-state index in [1.165, 1.54) is 0 Å². The van der Waals surface area contributed by atoms with Gasteiger partial charge in [-0.3, -0.25) is 4.79 Å². The van der Waals surface area contributed by atoms with Gasteiger partial charge in [0, 0.05) is 26.1 Å². The summed E-state index contributed by atoms with van der Waals surface area (Å²) in [6, 6.07) is 1.48. The molecule has 0 bridgehead atoms. The van der Waals surface area contributed by atoms with Gasteiger partial charge in [0.1, 0.15) is 6.54 Å². The molecule has 1 aliphatic heterocycles. The third-order valence-electron chi connectivity index (χ3n) is 2.39. The van der Waals surface area contributed by atoms with Crippen molar-refractivity contribution < 1.29 is 9.59 Å². The lowest BCUT2D eigenvalue weighted by Crippen LogP contribution is -2.37. The second-order valence-corrected chi connectivity index (χ2v) is 3.61. The molecule has 0 aromatic heterocycles. The van der Waals surface area contributed by atoms with Gasteiger partial charge in [-0.15, -0.1) is 0 Å². The summed E-state index contributed by atoms with van der Waals surface area (Å²) < 4.78 is 0. The quantitative estimate of drug-likeness (QED) is 0.502. The summed E-state index contributed by atoms with van der Waals surface area (Å²) in [4.78, 5) is 24.1. The third-order valence-corrected chi connectivity index (χ3v) is 2.39. The molecule has 0 saturated carbocycles. The molecule has 16 heavy (non-hydrogen) atoms. The van der Waals surface area contributed by atoms with E-state index < -0.39 is 0 Å². The highest BCUT2D eigenvalue weighted by atomic mass is 16.2. The van der Waals surface area contributed by atoms with Crippen molar-refractivity contribution >= 4 is 11.9 Å². The van der Waals surface area contributed by atoms with E-state index in [1.807, 2.05) is 11.0 Å². The molecule has 0 aromatic rings. The van der Waals surface area contributed by atoms with Crippen LogP contribution in [0.5, 0.6) is 0 Å². The fraction of sp³-hybridized carbons (Fsp3) is 0.700. The number of hydrogen-bond acceptors (Lipinski definition) is 3. The summed E-state index contributed by atoms with van der Waals surface area (Å²) in [5.41, 5.74) is 0. The van der Waals surface area contributed by atoms with E-state index in [0.717, 1.165) is 19.4 Å². The molecular weight excluding hydrogens is 208 g/mol. The maximum absolute atomic E-state index is 11.2. The number of nitrogens with zero attached hydrogens (tertiary/aromatic N) is 2. The molecule has 6 nitrogen and oxygen atoms in total. The first-order chi connectivity index (χ1) is 7.74. The summed E-state index contributed by atoms with van der Waals surface area (Å²) in [6.07, 6.45) is 2.33. The Labute approximate surface area is 94.6 Å². The molecule has 0 aromatic carbocycles. The zero-order chi connectivity index (χ0) is 11.8. The Balaban J connectivity index is 2.01. The Morgan fingerprint density at radius 3 is 2.94 bits per heavy atom. The first kappa shape index (κ1) is 12.3. The summed E-state index contributed by atoms with van der Waals surface area (Å²) in [5.74, 6) is 0.203. The minimum absolute atomic E-state index is 0.0104. The van der Waals surface area contributed by atoms with E-state index in [4.69, 9.17) is 5.26 Å². The molecule has 6 heteroatoms. The molecule has 2 N–H and O–H groups in total. The van der Waals surface area contributed by atoms with Crippen LogP contribution in [-0.2, 0) is 4.79 Å². The number of nitrogens with one attached hydrogen (secondary N) is 2. The molecule has 0 atom stereocenters.